The molecule has 0 aliphatic carbocycles. The number of allylic oxidation sites excluding steroid dienone is 2. The van der Waals surface area contributed by atoms with Crippen LogP contribution in [-0.2, 0) is 4.79 Å². The van der Waals surface area contributed by atoms with Gasteiger partial charge in [0.05, 0.1) is 0 Å². The van der Waals surface area contributed by atoms with E-state index in [1.54, 1.807) is 4.90 Å². The molecule has 1 saturated heterocycles. The van der Waals surface area contributed by atoms with E-state index >= 15 is 0 Å². The molecule has 1 amide bonds. The number of amides is 1. The lowest BCUT2D eigenvalue weighted by Gasteiger charge is -2.26. The van der Waals surface area contributed by atoms with Gasteiger partial charge in [-0.15, -0.1) is 0 Å². The molecule has 0 atom stereocenters. The first-order chi connectivity index (χ1) is 8.77. The van der Waals surface area contributed by atoms with Crippen LogP contribution < -0.4 is 0 Å². The first-order valence-electron chi connectivity index (χ1n) is 6.39. The molecule has 2 aliphatic rings. The first-order valence-corrected chi connectivity index (χ1v) is 6.39. The zero-order chi connectivity index (χ0) is 12.5. The Balaban J connectivity index is 1.99. The second kappa shape index (κ2) is 4.41. The van der Waals surface area contributed by atoms with Crippen LogP contribution in [0, 0.1) is 0 Å². The standard InChI is InChI=1S/C15H15NO2/c17-14-9-8-12(13-7-4-10-16(13)14)15(18)11-5-2-1-3-6-11/h1-3,5-6H,4,7-10H2. The molecule has 1 aromatic rings. The highest BCUT2D eigenvalue weighted by Gasteiger charge is 2.32. The van der Waals surface area contributed by atoms with Crippen molar-refractivity contribution in [2.75, 3.05) is 6.54 Å². The van der Waals surface area contributed by atoms with Crippen LogP contribution in [0.25, 0.3) is 0 Å². The Morgan fingerprint density at radius 3 is 2.61 bits per heavy atom. The molecule has 1 fully saturated rings. The van der Waals surface area contributed by atoms with Gasteiger partial charge < -0.3 is 4.90 Å². The third-order valence-corrected chi connectivity index (χ3v) is 3.67. The van der Waals surface area contributed by atoms with Gasteiger partial charge in [-0.2, -0.15) is 0 Å². The van der Waals surface area contributed by atoms with E-state index in [1.807, 2.05) is 30.3 Å². The number of fused-ring (bicyclic) bond motifs is 1. The predicted octanol–water partition coefficient (Wildman–Crippen LogP) is 2.54. The lowest BCUT2D eigenvalue weighted by Crippen LogP contribution is -2.32. The van der Waals surface area contributed by atoms with E-state index in [2.05, 4.69) is 0 Å². The van der Waals surface area contributed by atoms with Crippen molar-refractivity contribution >= 4 is 11.7 Å². The van der Waals surface area contributed by atoms with E-state index in [0.717, 1.165) is 36.2 Å². The lowest BCUT2D eigenvalue weighted by molar-refractivity contribution is -0.129. The van der Waals surface area contributed by atoms with Gasteiger partial charge in [-0.05, 0) is 19.3 Å². The van der Waals surface area contributed by atoms with E-state index in [0.29, 0.717) is 12.8 Å². The summed E-state index contributed by atoms with van der Waals surface area (Å²) in [7, 11) is 0. The van der Waals surface area contributed by atoms with Gasteiger partial charge in [0.2, 0.25) is 5.91 Å². The van der Waals surface area contributed by atoms with Crippen LogP contribution in [0.2, 0.25) is 0 Å². The number of rotatable bonds is 2. The van der Waals surface area contributed by atoms with Crippen molar-refractivity contribution < 1.29 is 9.59 Å². The first kappa shape index (κ1) is 11.2. The molecule has 0 saturated carbocycles. The van der Waals surface area contributed by atoms with Crippen LogP contribution in [0.3, 0.4) is 0 Å². The summed E-state index contributed by atoms with van der Waals surface area (Å²) in [4.78, 5) is 26.0. The van der Waals surface area contributed by atoms with Crippen LogP contribution in [0.1, 0.15) is 36.0 Å². The molecule has 0 radical (unpaired) electrons. The van der Waals surface area contributed by atoms with Crippen LogP contribution in [-0.4, -0.2) is 23.1 Å². The highest BCUT2D eigenvalue weighted by atomic mass is 16.2. The SMILES string of the molecule is O=C(C1=C2CCCN2C(=O)CC1)c1ccccc1. The maximum atomic E-state index is 12.5. The molecule has 0 spiro atoms. The maximum absolute atomic E-state index is 12.5. The van der Waals surface area contributed by atoms with E-state index in [-0.39, 0.29) is 11.7 Å². The summed E-state index contributed by atoms with van der Waals surface area (Å²) < 4.78 is 0. The fourth-order valence-corrected chi connectivity index (χ4v) is 2.78. The Bertz CT molecular complexity index is 531. The van der Waals surface area contributed by atoms with Gasteiger partial charge in [0.25, 0.3) is 0 Å². The summed E-state index contributed by atoms with van der Waals surface area (Å²) in [5.41, 5.74) is 2.54. The number of Topliss-reactive ketones (excluding diaryl/α,β-unsaturated/α-hetero) is 1. The van der Waals surface area contributed by atoms with Crippen molar-refractivity contribution in [2.24, 2.45) is 0 Å². The average Bonchev–Trinajstić information content (AvgIpc) is 2.90. The number of carbonyl (C=O) groups excluding carboxylic acids is 2. The van der Waals surface area contributed by atoms with Crippen LogP contribution >= 0.6 is 0 Å². The molecule has 0 aromatic heterocycles. The van der Waals surface area contributed by atoms with Crippen LogP contribution in [0.4, 0.5) is 0 Å². The molecule has 3 heteroatoms. The van der Waals surface area contributed by atoms with Crippen molar-refractivity contribution in [3.8, 4) is 0 Å². The van der Waals surface area contributed by atoms with Gasteiger partial charge in [0, 0.05) is 29.8 Å². The highest BCUT2D eigenvalue weighted by Crippen LogP contribution is 2.33. The molecular formula is C15H15NO2. The minimum absolute atomic E-state index is 0.0880. The Kier molecular flexibility index (Phi) is 2.74. The molecule has 0 N–H and O–H groups in total. The van der Waals surface area contributed by atoms with Gasteiger partial charge in [-0.1, -0.05) is 30.3 Å². The number of hydrogen-bond acceptors (Lipinski definition) is 2. The molecule has 2 heterocycles. The second-order valence-electron chi connectivity index (χ2n) is 4.77. The van der Waals surface area contributed by atoms with Gasteiger partial charge in [0.15, 0.2) is 5.78 Å². The van der Waals surface area contributed by atoms with Crippen molar-refractivity contribution in [1.29, 1.82) is 0 Å². The summed E-state index contributed by atoms with van der Waals surface area (Å²) in [5, 5.41) is 0. The number of hydrogen-bond donors (Lipinski definition) is 0. The zero-order valence-electron chi connectivity index (χ0n) is 10.2. The molecule has 1 aromatic carbocycles. The molecule has 3 rings (SSSR count). The molecule has 18 heavy (non-hydrogen) atoms. The van der Waals surface area contributed by atoms with E-state index in [1.165, 1.54) is 0 Å². The summed E-state index contributed by atoms with van der Waals surface area (Å²) in [6.07, 6.45) is 2.90. The molecule has 92 valence electrons. The van der Waals surface area contributed by atoms with Gasteiger partial charge >= 0.3 is 0 Å². The summed E-state index contributed by atoms with van der Waals surface area (Å²) in [5.74, 6) is 0.261. The average molecular weight is 241 g/mol. The third-order valence-electron chi connectivity index (χ3n) is 3.67. The summed E-state index contributed by atoms with van der Waals surface area (Å²) >= 11 is 0. The zero-order valence-corrected chi connectivity index (χ0v) is 10.2. The molecule has 0 bridgehead atoms. The van der Waals surface area contributed by atoms with Gasteiger partial charge in [-0.25, -0.2) is 0 Å². The lowest BCUT2D eigenvalue weighted by atomic mass is 9.94. The fraction of sp³-hybridized carbons (Fsp3) is 0.333. The monoisotopic (exact) mass is 241 g/mol. The molecule has 2 aliphatic heterocycles. The number of benzene rings is 1. The van der Waals surface area contributed by atoms with Gasteiger partial charge in [0.1, 0.15) is 0 Å². The Morgan fingerprint density at radius 2 is 1.83 bits per heavy atom. The highest BCUT2D eigenvalue weighted by molar-refractivity contribution is 6.10. The smallest absolute Gasteiger partial charge is 0.227 e. The number of ketones is 1. The Labute approximate surface area is 106 Å². The Morgan fingerprint density at radius 1 is 1.06 bits per heavy atom. The number of carbonyl (C=O) groups is 2. The minimum Gasteiger partial charge on any atom is -0.316 e. The van der Waals surface area contributed by atoms with Crippen molar-refractivity contribution in [3.63, 3.8) is 0 Å². The summed E-state index contributed by atoms with van der Waals surface area (Å²) in [6, 6.07) is 9.33. The minimum atomic E-state index is 0.0880. The molecular weight excluding hydrogens is 226 g/mol. The summed E-state index contributed by atoms with van der Waals surface area (Å²) in [6.45, 7) is 0.778. The van der Waals surface area contributed by atoms with Crippen molar-refractivity contribution in [1.82, 2.24) is 4.90 Å². The largest absolute Gasteiger partial charge is 0.316 e. The normalized spacial score (nSPS) is 19.1. The second-order valence-corrected chi connectivity index (χ2v) is 4.77. The third kappa shape index (κ3) is 1.76. The van der Waals surface area contributed by atoms with E-state index in [9.17, 15) is 9.59 Å². The molecule has 0 unspecified atom stereocenters. The predicted molar refractivity (Wildman–Crippen MR) is 68.0 cm³/mol. The topological polar surface area (TPSA) is 37.4 Å². The van der Waals surface area contributed by atoms with Crippen molar-refractivity contribution in [2.45, 2.75) is 25.7 Å². The van der Waals surface area contributed by atoms with E-state index in [4.69, 9.17) is 0 Å². The quantitative estimate of drug-likeness (QED) is 0.746. The fourth-order valence-electron chi connectivity index (χ4n) is 2.78. The van der Waals surface area contributed by atoms with Crippen LogP contribution in [0.15, 0.2) is 41.6 Å². The van der Waals surface area contributed by atoms with Crippen LogP contribution in [0.5, 0.6) is 0 Å². The van der Waals surface area contributed by atoms with Gasteiger partial charge in [-0.3, -0.25) is 9.59 Å². The van der Waals surface area contributed by atoms with E-state index < -0.39 is 0 Å². The van der Waals surface area contributed by atoms with Crippen molar-refractivity contribution in [3.05, 3.63) is 47.2 Å². The molecule has 3 nitrogen and oxygen atoms in total. The Hall–Kier alpha value is -1.90. The maximum Gasteiger partial charge on any atom is 0.227 e. The number of nitrogens with zero attached hydrogens (tertiary/aromatic N) is 1.